The molecule has 0 unspecified atom stereocenters. The monoisotopic (exact) mass is 221 g/mol. The Hall–Kier alpha value is -0.170. The number of rotatable bonds is 3. The van der Waals surface area contributed by atoms with Crippen LogP contribution in [0.1, 0.15) is 13.8 Å². The van der Waals surface area contributed by atoms with E-state index in [0.29, 0.717) is 6.54 Å². The minimum Gasteiger partial charge on any atom is -0.314 e. The predicted molar refractivity (Wildman–Crippen MR) is 56.5 cm³/mol. The first-order chi connectivity index (χ1) is 6.31. The minimum absolute atomic E-state index is 0.0168. The zero-order valence-electron chi connectivity index (χ0n) is 8.78. The standard InChI is InChI=1S/C8H19N3O2S/c1-8(2)7-10-3-4-11(8)5-6-14(9,12)13/h10H,3-7H2,1-2H3,(H2,9,12,13). The molecule has 0 aromatic rings. The molecule has 5 nitrogen and oxygen atoms in total. The third kappa shape index (κ3) is 3.53. The second-order valence-electron chi connectivity index (χ2n) is 4.34. The Morgan fingerprint density at radius 2 is 2.14 bits per heavy atom. The zero-order chi connectivity index (χ0) is 10.8. The third-order valence-corrected chi connectivity index (χ3v) is 3.37. The van der Waals surface area contributed by atoms with Gasteiger partial charge in [-0.1, -0.05) is 0 Å². The van der Waals surface area contributed by atoms with E-state index in [1.54, 1.807) is 0 Å². The van der Waals surface area contributed by atoms with Crippen molar-refractivity contribution >= 4 is 10.0 Å². The van der Waals surface area contributed by atoms with Gasteiger partial charge in [-0.25, -0.2) is 13.6 Å². The number of sulfonamides is 1. The van der Waals surface area contributed by atoms with E-state index < -0.39 is 10.0 Å². The van der Waals surface area contributed by atoms with Gasteiger partial charge in [0.1, 0.15) is 0 Å². The highest BCUT2D eigenvalue weighted by molar-refractivity contribution is 7.89. The molecule has 1 fully saturated rings. The number of primary sulfonamides is 1. The van der Waals surface area contributed by atoms with Gasteiger partial charge in [0.15, 0.2) is 0 Å². The lowest BCUT2D eigenvalue weighted by molar-refractivity contribution is 0.0981. The van der Waals surface area contributed by atoms with Gasteiger partial charge in [-0.15, -0.1) is 0 Å². The molecule has 1 heterocycles. The summed E-state index contributed by atoms with van der Waals surface area (Å²) in [6.45, 7) is 7.40. The number of nitrogens with zero attached hydrogens (tertiary/aromatic N) is 1. The van der Waals surface area contributed by atoms with Gasteiger partial charge in [-0.05, 0) is 13.8 Å². The zero-order valence-corrected chi connectivity index (χ0v) is 9.60. The van der Waals surface area contributed by atoms with Crippen molar-refractivity contribution in [2.75, 3.05) is 31.9 Å². The predicted octanol–water partition coefficient (Wildman–Crippen LogP) is -1.04. The van der Waals surface area contributed by atoms with Gasteiger partial charge in [0.2, 0.25) is 10.0 Å². The highest BCUT2D eigenvalue weighted by Gasteiger charge is 2.29. The summed E-state index contributed by atoms with van der Waals surface area (Å²) in [5.41, 5.74) is 0.0168. The van der Waals surface area contributed by atoms with E-state index in [0.717, 1.165) is 19.6 Å². The van der Waals surface area contributed by atoms with Crippen LogP contribution in [0.4, 0.5) is 0 Å². The third-order valence-electron chi connectivity index (χ3n) is 2.62. The topological polar surface area (TPSA) is 75.4 Å². The molecule has 0 bridgehead atoms. The summed E-state index contributed by atoms with van der Waals surface area (Å²) >= 11 is 0. The Morgan fingerprint density at radius 3 is 2.64 bits per heavy atom. The summed E-state index contributed by atoms with van der Waals surface area (Å²) < 4.78 is 21.6. The van der Waals surface area contributed by atoms with Crippen LogP contribution in [0.2, 0.25) is 0 Å². The summed E-state index contributed by atoms with van der Waals surface area (Å²) in [4.78, 5) is 2.16. The molecule has 3 N–H and O–H groups in total. The molecule has 0 aromatic carbocycles. The van der Waals surface area contributed by atoms with E-state index in [1.807, 2.05) is 0 Å². The molecule has 0 amide bonds. The molecular weight excluding hydrogens is 202 g/mol. The minimum atomic E-state index is -3.34. The molecule has 6 heteroatoms. The van der Waals surface area contributed by atoms with Crippen molar-refractivity contribution in [3.8, 4) is 0 Å². The van der Waals surface area contributed by atoms with Gasteiger partial charge in [0.25, 0.3) is 0 Å². The number of hydrogen-bond donors (Lipinski definition) is 2. The Bertz CT molecular complexity index is 287. The molecule has 1 rings (SSSR count). The normalized spacial score (nSPS) is 23.6. The molecule has 1 aliphatic heterocycles. The summed E-state index contributed by atoms with van der Waals surface area (Å²) in [7, 11) is -3.34. The largest absolute Gasteiger partial charge is 0.314 e. The van der Waals surface area contributed by atoms with Crippen molar-refractivity contribution in [2.45, 2.75) is 19.4 Å². The van der Waals surface area contributed by atoms with Crippen LogP contribution in [0, 0.1) is 0 Å². The summed E-state index contributed by atoms with van der Waals surface area (Å²) in [6.07, 6.45) is 0. The van der Waals surface area contributed by atoms with Crippen LogP contribution in [0.3, 0.4) is 0 Å². The summed E-state index contributed by atoms with van der Waals surface area (Å²) in [6, 6.07) is 0. The molecule has 1 aliphatic rings. The second-order valence-corrected chi connectivity index (χ2v) is 6.08. The lowest BCUT2D eigenvalue weighted by Gasteiger charge is -2.42. The van der Waals surface area contributed by atoms with Gasteiger partial charge in [0.05, 0.1) is 5.75 Å². The van der Waals surface area contributed by atoms with Gasteiger partial charge in [-0.3, -0.25) is 4.90 Å². The van der Waals surface area contributed by atoms with Gasteiger partial charge in [0, 0.05) is 31.7 Å². The maximum absolute atomic E-state index is 10.8. The van der Waals surface area contributed by atoms with Crippen LogP contribution in [0.15, 0.2) is 0 Å². The summed E-state index contributed by atoms with van der Waals surface area (Å²) in [5.74, 6) is 0.0381. The highest BCUT2D eigenvalue weighted by Crippen LogP contribution is 2.15. The smallest absolute Gasteiger partial charge is 0.210 e. The maximum Gasteiger partial charge on any atom is 0.210 e. The molecule has 0 radical (unpaired) electrons. The molecule has 0 atom stereocenters. The molecule has 84 valence electrons. The lowest BCUT2D eigenvalue weighted by Crippen LogP contribution is -2.58. The SMILES string of the molecule is CC1(C)CNCCN1CCS(N)(=O)=O. The molecule has 0 saturated carbocycles. The van der Waals surface area contributed by atoms with E-state index >= 15 is 0 Å². The van der Waals surface area contributed by atoms with Gasteiger partial charge in [-0.2, -0.15) is 0 Å². The summed E-state index contributed by atoms with van der Waals surface area (Å²) in [5, 5.41) is 8.25. The molecule has 14 heavy (non-hydrogen) atoms. The fourth-order valence-corrected chi connectivity index (χ4v) is 2.15. The number of hydrogen-bond acceptors (Lipinski definition) is 4. The molecule has 0 aliphatic carbocycles. The Kier molecular flexibility index (Phi) is 3.52. The van der Waals surface area contributed by atoms with E-state index in [9.17, 15) is 8.42 Å². The second kappa shape index (κ2) is 4.14. The first kappa shape index (κ1) is 11.9. The van der Waals surface area contributed by atoms with Crippen molar-refractivity contribution in [2.24, 2.45) is 5.14 Å². The average Bonchev–Trinajstić information content (AvgIpc) is 2.00. The van der Waals surface area contributed by atoms with Crippen molar-refractivity contribution < 1.29 is 8.42 Å². The van der Waals surface area contributed by atoms with Crippen LogP contribution in [0.25, 0.3) is 0 Å². The quantitative estimate of drug-likeness (QED) is 0.638. The maximum atomic E-state index is 10.8. The lowest BCUT2D eigenvalue weighted by atomic mass is 10.0. The van der Waals surface area contributed by atoms with Crippen LogP contribution in [0.5, 0.6) is 0 Å². The van der Waals surface area contributed by atoms with Crippen molar-refractivity contribution in [1.29, 1.82) is 0 Å². The fourth-order valence-electron chi connectivity index (χ4n) is 1.67. The van der Waals surface area contributed by atoms with Crippen molar-refractivity contribution in [3.63, 3.8) is 0 Å². The highest BCUT2D eigenvalue weighted by atomic mass is 32.2. The molecule has 0 aromatic heterocycles. The van der Waals surface area contributed by atoms with E-state index in [2.05, 4.69) is 24.1 Å². The van der Waals surface area contributed by atoms with Crippen molar-refractivity contribution in [3.05, 3.63) is 0 Å². The fraction of sp³-hybridized carbons (Fsp3) is 1.00. The van der Waals surface area contributed by atoms with Crippen LogP contribution >= 0.6 is 0 Å². The average molecular weight is 221 g/mol. The van der Waals surface area contributed by atoms with Crippen LogP contribution < -0.4 is 10.5 Å². The Morgan fingerprint density at radius 1 is 1.50 bits per heavy atom. The first-order valence-corrected chi connectivity index (χ1v) is 6.49. The van der Waals surface area contributed by atoms with Crippen LogP contribution in [-0.2, 0) is 10.0 Å². The van der Waals surface area contributed by atoms with Crippen molar-refractivity contribution in [1.82, 2.24) is 10.2 Å². The number of nitrogens with one attached hydrogen (secondary N) is 1. The van der Waals surface area contributed by atoms with E-state index in [-0.39, 0.29) is 11.3 Å². The number of piperazine rings is 1. The Labute approximate surface area is 85.7 Å². The number of nitrogens with two attached hydrogens (primary N) is 1. The van der Waals surface area contributed by atoms with Gasteiger partial charge >= 0.3 is 0 Å². The van der Waals surface area contributed by atoms with E-state index in [4.69, 9.17) is 5.14 Å². The molecule has 1 saturated heterocycles. The van der Waals surface area contributed by atoms with E-state index in [1.165, 1.54) is 0 Å². The molecular formula is C8H19N3O2S. The van der Waals surface area contributed by atoms with Gasteiger partial charge < -0.3 is 5.32 Å². The first-order valence-electron chi connectivity index (χ1n) is 4.77. The van der Waals surface area contributed by atoms with Crippen LogP contribution in [-0.4, -0.2) is 50.8 Å². The Balaban J connectivity index is 2.50. The molecule has 0 spiro atoms.